The summed E-state index contributed by atoms with van der Waals surface area (Å²) < 4.78 is 5.28. The number of furan rings is 1. The first-order valence-corrected chi connectivity index (χ1v) is 5.86. The molecule has 90 valence electrons. The quantitative estimate of drug-likeness (QED) is 0.760. The largest absolute Gasteiger partial charge is 0.467 e. The van der Waals surface area contributed by atoms with Crippen LogP contribution in [0.5, 0.6) is 0 Å². The van der Waals surface area contributed by atoms with Gasteiger partial charge in [-0.15, -0.1) is 0 Å². The number of hydrogen-bond acceptors (Lipinski definition) is 4. The van der Waals surface area contributed by atoms with Gasteiger partial charge in [-0.3, -0.25) is 4.90 Å². The van der Waals surface area contributed by atoms with Crippen molar-refractivity contribution in [2.75, 3.05) is 13.1 Å². The van der Waals surface area contributed by atoms with Crippen molar-refractivity contribution >= 4 is 0 Å². The van der Waals surface area contributed by atoms with Crippen molar-refractivity contribution in [2.45, 2.75) is 32.1 Å². The van der Waals surface area contributed by atoms with Gasteiger partial charge in [0, 0.05) is 6.54 Å². The van der Waals surface area contributed by atoms with Crippen LogP contribution in [-0.4, -0.2) is 34.5 Å². The van der Waals surface area contributed by atoms with Crippen LogP contribution in [-0.2, 0) is 0 Å². The molecule has 1 aliphatic heterocycles. The molecule has 4 nitrogen and oxygen atoms in total. The van der Waals surface area contributed by atoms with Gasteiger partial charge in [-0.05, 0) is 31.0 Å². The topological polar surface area (TPSA) is 56.8 Å². The Hall–Kier alpha value is -0.840. The Morgan fingerprint density at radius 1 is 1.56 bits per heavy atom. The van der Waals surface area contributed by atoms with Gasteiger partial charge in [0.15, 0.2) is 6.29 Å². The van der Waals surface area contributed by atoms with Crippen LogP contribution >= 0.6 is 0 Å². The molecule has 4 heteroatoms. The summed E-state index contributed by atoms with van der Waals surface area (Å²) in [7, 11) is 0. The third-order valence-corrected chi connectivity index (χ3v) is 3.41. The van der Waals surface area contributed by atoms with Gasteiger partial charge in [0.1, 0.15) is 11.8 Å². The van der Waals surface area contributed by atoms with Gasteiger partial charge < -0.3 is 14.6 Å². The van der Waals surface area contributed by atoms with Crippen molar-refractivity contribution < 1.29 is 14.6 Å². The predicted molar refractivity (Wildman–Crippen MR) is 59.6 cm³/mol. The number of nitrogens with zero attached hydrogens (tertiary/aromatic N) is 1. The van der Waals surface area contributed by atoms with Crippen LogP contribution in [0.2, 0.25) is 0 Å². The van der Waals surface area contributed by atoms with Gasteiger partial charge in [0.05, 0.1) is 6.26 Å². The third-order valence-electron chi connectivity index (χ3n) is 3.41. The Kier molecular flexibility index (Phi) is 3.63. The first kappa shape index (κ1) is 11.6. The van der Waals surface area contributed by atoms with E-state index in [0.29, 0.717) is 11.7 Å². The highest BCUT2D eigenvalue weighted by molar-refractivity contribution is 5.06. The molecule has 0 bridgehead atoms. The second-order valence-corrected chi connectivity index (χ2v) is 4.43. The number of rotatable bonds is 4. The van der Waals surface area contributed by atoms with Crippen molar-refractivity contribution in [3.8, 4) is 0 Å². The molecule has 2 atom stereocenters. The lowest BCUT2D eigenvalue weighted by molar-refractivity contribution is -0.104. The minimum absolute atomic E-state index is 0.424. The van der Waals surface area contributed by atoms with E-state index in [1.165, 1.54) is 0 Å². The van der Waals surface area contributed by atoms with E-state index in [9.17, 15) is 10.2 Å². The molecule has 2 unspecified atom stereocenters. The van der Waals surface area contributed by atoms with Gasteiger partial charge in [0.25, 0.3) is 0 Å². The number of aliphatic hydroxyl groups excluding tert-OH is 1. The minimum atomic E-state index is -1.39. The summed E-state index contributed by atoms with van der Waals surface area (Å²) in [6.45, 7) is 3.99. The molecule has 1 fully saturated rings. The Bertz CT molecular complexity index is 310. The van der Waals surface area contributed by atoms with E-state index in [1.807, 2.05) is 0 Å². The highest BCUT2D eigenvalue weighted by atomic mass is 16.5. The molecular weight excluding hydrogens is 206 g/mol. The summed E-state index contributed by atoms with van der Waals surface area (Å²) in [5, 5.41) is 18.9. The summed E-state index contributed by atoms with van der Waals surface area (Å²) in [6.07, 6.45) is 2.45. The molecule has 2 heterocycles. The van der Waals surface area contributed by atoms with Crippen LogP contribution in [0.25, 0.3) is 0 Å². The Balaban J connectivity index is 2.09. The van der Waals surface area contributed by atoms with Crippen LogP contribution < -0.4 is 0 Å². The zero-order chi connectivity index (χ0) is 11.5. The Morgan fingerprint density at radius 2 is 2.38 bits per heavy atom. The van der Waals surface area contributed by atoms with E-state index in [2.05, 4.69) is 11.8 Å². The molecule has 0 radical (unpaired) electrons. The normalized spacial score (nSPS) is 24.1. The van der Waals surface area contributed by atoms with Crippen LogP contribution in [0.3, 0.4) is 0 Å². The molecule has 2 rings (SSSR count). The van der Waals surface area contributed by atoms with Crippen LogP contribution in [0, 0.1) is 5.92 Å². The van der Waals surface area contributed by atoms with Gasteiger partial charge in [-0.1, -0.05) is 13.3 Å². The molecular formula is C12H19NO3. The van der Waals surface area contributed by atoms with Crippen LogP contribution in [0.15, 0.2) is 22.8 Å². The van der Waals surface area contributed by atoms with Crippen molar-refractivity contribution in [1.82, 2.24) is 4.90 Å². The zero-order valence-electron chi connectivity index (χ0n) is 9.54. The first-order valence-electron chi connectivity index (χ1n) is 5.86. The minimum Gasteiger partial charge on any atom is -0.467 e. The lowest BCUT2D eigenvalue weighted by atomic mass is 10.1. The Morgan fingerprint density at radius 3 is 2.88 bits per heavy atom. The molecule has 0 aliphatic carbocycles. The van der Waals surface area contributed by atoms with Crippen molar-refractivity contribution in [3.63, 3.8) is 0 Å². The highest BCUT2D eigenvalue weighted by Gasteiger charge is 2.33. The maximum Gasteiger partial charge on any atom is 0.174 e. The standard InChI is InChI=1S/C12H19NO3/c1-2-9-5-6-13(8-9)11(12(14)15)10-4-3-7-16-10/h3-4,7,9,11-12,14-15H,2,5-6,8H2,1H3. The van der Waals surface area contributed by atoms with E-state index in [0.717, 1.165) is 25.9 Å². The molecule has 0 saturated carbocycles. The molecule has 1 aliphatic rings. The van der Waals surface area contributed by atoms with Crippen LogP contribution in [0.1, 0.15) is 31.6 Å². The predicted octanol–water partition coefficient (Wildman–Crippen LogP) is 1.36. The van der Waals surface area contributed by atoms with Gasteiger partial charge in [-0.2, -0.15) is 0 Å². The van der Waals surface area contributed by atoms with Crippen molar-refractivity contribution in [3.05, 3.63) is 24.2 Å². The molecule has 1 aromatic rings. The van der Waals surface area contributed by atoms with Gasteiger partial charge in [-0.25, -0.2) is 0 Å². The summed E-state index contributed by atoms with van der Waals surface area (Å²) >= 11 is 0. The van der Waals surface area contributed by atoms with Crippen molar-refractivity contribution in [1.29, 1.82) is 0 Å². The maximum atomic E-state index is 9.46. The zero-order valence-corrected chi connectivity index (χ0v) is 9.54. The Labute approximate surface area is 95.5 Å². The van der Waals surface area contributed by atoms with Crippen LogP contribution in [0.4, 0.5) is 0 Å². The average Bonchev–Trinajstić information content (AvgIpc) is 2.88. The molecule has 1 aromatic heterocycles. The molecule has 2 N–H and O–H groups in total. The second-order valence-electron chi connectivity index (χ2n) is 4.43. The van der Waals surface area contributed by atoms with Crippen molar-refractivity contribution in [2.24, 2.45) is 5.92 Å². The lowest BCUT2D eigenvalue weighted by Gasteiger charge is -2.27. The lowest BCUT2D eigenvalue weighted by Crippen LogP contribution is -2.34. The van der Waals surface area contributed by atoms with E-state index in [4.69, 9.17) is 4.42 Å². The summed E-state index contributed by atoms with van der Waals surface area (Å²) in [5.74, 6) is 1.29. The molecule has 1 saturated heterocycles. The number of aliphatic hydroxyl groups is 2. The molecule has 16 heavy (non-hydrogen) atoms. The fourth-order valence-electron chi connectivity index (χ4n) is 2.42. The second kappa shape index (κ2) is 4.99. The van der Waals surface area contributed by atoms with E-state index in [-0.39, 0.29) is 0 Å². The summed E-state index contributed by atoms with van der Waals surface area (Å²) in [4.78, 5) is 2.09. The molecule has 0 aromatic carbocycles. The fourth-order valence-corrected chi connectivity index (χ4v) is 2.42. The fraction of sp³-hybridized carbons (Fsp3) is 0.667. The van der Waals surface area contributed by atoms with Gasteiger partial charge in [0.2, 0.25) is 0 Å². The number of hydrogen-bond donors (Lipinski definition) is 2. The summed E-state index contributed by atoms with van der Waals surface area (Å²) in [6, 6.07) is 3.15. The maximum absolute atomic E-state index is 9.46. The van der Waals surface area contributed by atoms with Gasteiger partial charge >= 0.3 is 0 Å². The monoisotopic (exact) mass is 225 g/mol. The highest BCUT2D eigenvalue weighted by Crippen LogP contribution is 2.30. The first-order chi connectivity index (χ1) is 7.72. The molecule has 0 amide bonds. The third kappa shape index (κ3) is 2.29. The smallest absolute Gasteiger partial charge is 0.174 e. The SMILES string of the molecule is CCC1CCN(C(c2ccco2)C(O)O)C1. The molecule has 0 spiro atoms. The summed E-state index contributed by atoms with van der Waals surface area (Å²) in [5.41, 5.74) is 0. The van der Waals surface area contributed by atoms with E-state index in [1.54, 1.807) is 18.4 Å². The average molecular weight is 225 g/mol. The van der Waals surface area contributed by atoms with E-state index < -0.39 is 12.3 Å². The number of likely N-dealkylation sites (tertiary alicyclic amines) is 1. The van der Waals surface area contributed by atoms with E-state index >= 15 is 0 Å².